The van der Waals surface area contributed by atoms with Gasteiger partial charge in [-0.1, -0.05) is 81.6 Å². The van der Waals surface area contributed by atoms with E-state index in [1.807, 2.05) is 43.3 Å². The van der Waals surface area contributed by atoms with Crippen LogP contribution in [0.15, 0.2) is 91.0 Å². The Balaban J connectivity index is 0.000000186. The Labute approximate surface area is 238 Å². The maximum absolute atomic E-state index is 9.80. The summed E-state index contributed by atoms with van der Waals surface area (Å²) in [6, 6.07) is 28.4. The van der Waals surface area contributed by atoms with E-state index in [1.54, 1.807) is 42.5 Å². The van der Waals surface area contributed by atoms with Gasteiger partial charge in [0, 0.05) is 11.3 Å². The second-order valence-corrected chi connectivity index (χ2v) is 11.6. The molecule has 4 N–H and O–H groups in total. The number of phenols is 4. The lowest BCUT2D eigenvalue weighted by molar-refractivity contribution is 0.345. The molecule has 40 heavy (non-hydrogen) atoms. The molecule has 0 radical (unpaired) electrons. The van der Waals surface area contributed by atoms with Gasteiger partial charge in [-0.25, -0.2) is 0 Å². The predicted octanol–water partition coefficient (Wildman–Crippen LogP) is 8.93. The minimum atomic E-state index is 0.0183. The van der Waals surface area contributed by atoms with E-state index in [2.05, 4.69) is 26.0 Å². The van der Waals surface area contributed by atoms with E-state index >= 15 is 0 Å². The summed E-state index contributed by atoms with van der Waals surface area (Å²) in [4.78, 5) is 0. The monoisotopic (exact) mass is 538 g/mol. The Hall–Kier alpha value is -3.92. The van der Waals surface area contributed by atoms with Gasteiger partial charge in [-0.15, -0.1) is 0 Å². The Morgan fingerprint density at radius 2 is 1.05 bits per heavy atom. The molecular formula is C36H42O4. The van der Waals surface area contributed by atoms with Crippen molar-refractivity contribution in [2.75, 3.05) is 0 Å². The van der Waals surface area contributed by atoms with Crippen molar-refractivity contribution >= 4 is 0 Å². The van der Waals surface area contributed by atoms with Crippen molar-refractivity contribution in [2.45, 2.75) is 70.6 Å². The van der Waals surface area contributed by atoms with Gasteiger partial charge >= 0.3 is 0 Å². The van der Waals surface area contributed by atoms with E-state index in [0.717, 1.165) is 24.8 Å². The van der Waals surface area contributed by atoms with Crippen molar-refractivity contribution in [1.29, 1.82) is 0 Å². The minimum absolute atomic E-state index is 0.0183. The molecular weight excluding hydrogens is 496 g/mol. The number of aryl methyl sites for hydroxylation is 1. The third kappa shape index (κ3) is 6.98. The van der Waals surface area contributed by atoms with Crippen molar-refractivity contribution in [3.63, 3.8) is 0 Å². The molecule has 1 aliphatic carbocycles. The molecule has 210 valence electrons. The highest BCUT2D eigenvalue weighted by atomic mass is 16.3. The van der Waals surface area contributed by atoms with Crippen LogP contribution in [0.5, 0.6) is 23.0 Å². The highest BCUT2D eigenvalue weighted by Crippen LogP contribution is 2.46. The van der Waals surface area contributed by atoms with Crippen molar-refractivity contribution in [3.8, 4) is 23.0 Å². The molecule has 0 spiro atoms. The van der Waals surface area contributed by atoms with Gasteiger partial charge in [0.15, 0.2) is 0 Å². The molecule has 0 bridgehead atoms. The van der Waals surface area contributed by atoms with E-state index in [4.69, 9.17) is 0 Å². The Bertz CT molecular complexity index is 1300. The Morgan fingerprint density at radius 3 is 1.50 bits per heavy atom. The molecule has 4 heteroatoms. The smallest absolute Gasteiger partial charge is 0.118 e. The number of rotatable bonds is 6. The van der Waals surface area contributed by atoms with Crippen molar-refractivity contribution in [3.05, 3.63) is 119 Å². The lowest BCUT2D eigenvalue weighted by atomic mass is 9.65. The number of benzene rings is 4. The van der Waals surface area contributed by atoms with Gasteiger partial charge in [-0.3, -0.25) is 0 Å². The fourth-order valence-electron chi connectivity index (χ4n) is 5.98. The molecule has 4 aromatic rings. The molecule has 4 nitrogen and oxygen atoms in total. The summed E-state index contributed by atoms with van der Waals surface area (Å²) in [5, 5.41) is 38.1. The quantitative estimate of drug-likeness (QED) is 0.198. The van der Waals surface area contributed by atoms with Crippen LogP contribution in [0.3, 0.4) is 0 Å². The van der Waals surface area contributed by atoms with E-state index in [0.29, 0.717) is 23.3 Å². The lowest BCUT2D eigenvalue weighted by Gasteiger charge is -2.39. The first-order chi connectivity index (χ1) is 19.2. The lowest BCUT2D eigenvalue weighted by Crippen LogP contribution is -2.30. The maximum Gasteiger partial charge on any atom is 0.118 e. The third-order valence-electron chi connectivity index (χ3n) is 8.17. The van der Waals surface area contributed by atoms with Gasteiger partial charge < -0.3 is 20.4 Å². The summed E-state index contributed by atoms with van der Waals surface area (Å²) >= 11 is 0. The van der Waals surface area contributed by atoms with Gasteiger partial charge in [-0.2, -0.15) is 0 Å². The van der Waals surface area contributed by atoms with Crippen LogP contribution < -0.4 is 0 Å². The van der Waals surface area contributed by atoms with Crippen LogP contribution >= 0.6 is 0 Å². The number of hydrogen-bond acceptors (Lipinski definition) is 4. The van der Waals surface area contributed by atoms with Crippen LogP contribution in [-0.4, -0.2) is 20.4 Å². The van der Waals surface area contributed by atoms with E-state index in [-0.39, 0.29) is 16.9 Å². The standard InChI is InChI=1S/C19H22O2.C17H20O2/c1-14-13-16(7-10-18(14)21)19(11-3-2-4-12-19)15-5-8-17(20)9-6-15;1-12(2)11-17(13-3-7-15(18)8-4-13)14-5-9-16(19)10-6-14/h5-10,13,20-21H,2-4,11-12H2,1H3;3-10,12,17-19H,11H2,1-2H3. The summed E-state index contributed by atoms with van der Waals surface area (Å²) < 4.78 is 0. The summed E-state index contributed by atoms with van der Waals surface area (Å²) in [5.74, 6) is 2.12. The SMILES string of the molecule is CC(C)CC(c1ccc(O)cc1)c1ccc(O)cc1.Cc1cc(C2(c3ccc(O)cc3)CCCCC2)ccc1O. The van der Waals surface area contributed by atoms with Gasteiger partial charge in [-0.05, 0) is 102 Å². The van der Waals surface area contributed by atoms with Crippen molar-refractivity contribution in [2.24, 2.45) is 5.92 Å². The molecule has 4 aromatic carbocycles. The maximum atomic E-state index is 9.80. The summed E-state index contributed by atoms with van der Waals surface area (Å²) in [6.45, 7) is 6.35. The average Bonchev–Trinajstić information content (AvgIpc) is 2.95. The molecule has 0 aliphatic heterocycles. The number of phenolic OH excluding ortho intramolecular Hbond substituents is 4. The molecule has 5 rings (SSSR count). The van der Waals surface area contributed by atoms with E-state index in [9.17, 15) is 20.4 Å². The highest BCUT2D eigenvalue weighted by Gasteiger charge is 2.35. The number of hydrogen-bond donors (Lipinski definition) is 4. The second-order valence-electron chi connectivity index (χ2n) is 11.6. The molecule has 0 aromatic heterocycles. The fourth-order valence-corrected chi connectivity index (χ4v) is 5.98. The first kappa shape index (κ1) is 29.1. The molecule has 1 fully saturated rings. The van der Waals surface area contributed by atoms with Crippen LogP contribution in [0.4, 0.5) is 0 Å². The third-order valence-corrected chi connectivity index (χ3v) is 8.17. The zero-order chi connectivity index (χ0) is 28.7. The Morgan fingerprint density at radius 1 is 0.600 bits per heavy atom. The summed E-state index contributed by atoms with van der Waals surface area (Å²) in [6.07, 6.45) is 7.03. The first-order valence-electron chi connectivity index (χ1n) is 14.4. The highest BCUT2D eigenvalue weighted by molar-refractivity contribution is 5.46. The molecule has 0 amide bonds. The van der Waals surface area contributed by atoms with Gasteiger partial charge in [0.1, 0.15) is 23.0 Å². The molecule has 0 heterocycles. The van der Waals surface area contributed by atoms with Gasteiger partial charge in [0.05, 0.1) is 0 Å². The fraction of sp³-hybridized carbons (Fsp3) is 0.333. The van der Waals surface area contributed by atoms with Gasteiger partial charge in [0.2, 0.25) is 0 Å². The zero-order valence-electron chi connectivity index (χ0n) is 23.8. The number of aromatic hydroxyl groups is 4. The van der Waals surface area contributed by atoms with Crippen molar-refractivity contribution < 1.29 is 20.4 Å². The van der Waals surface area contributed by atoms with Crippen LogP contribution in [0.2, 0.25) is 0 Å². The molecule has 1 aliphatic rings. The summed E-state index contributed by atoms with van der Waals surface area (Å²) in [5.41, 5.74) is 5.88. The zero-order valence-corrected chi connectivity index (χ0v) is 23.8. The van der Waals surface area contributed by atoms with E-state index < -0.39 is 0 Å². The average molecular weight is 539 g/mol. The second kappa shape index (κ2) is 13.0. The Kier molecular flexibility index (Phi) is 9.42. The first-order valence-corrected chi connectivity index (χ1v) is 14.4. The topological polar surface area (TPSA) is 80.9 Å². The van der Waals surface area contributed by atoms with Crippen LogP contribution in [0.1, 0.15) is 86.1 Å². The van der Waals surface area contributed by atoms with Crippen molar-refractivity contribution in [1.82, 2.24) is 0 Å². The minimum Gasteiger partial charge on any atom is -0.508 e. The van der Waals surface area contributed by atoms with Crippen LogP contribution in [-0.2, 0) is 5.41 Å². The van der Waals surface area contributed by atoms with Gasteiger partial charge in [0.25, 0.3) is 0 Å². The molecule has 1 saturated carbocycles. The summed E-state index contributed by atoms with van der Waals surface area (Å²) in [7, 11) is 0. The van der Waals surface area contributed by atoms with Crippen LogP contribution in [0, 0.1) is 12.8 Å². The van der Waals surface area contributed by atoms with Crippen LogP contribution in [0.25, 0.3) is 0 Å². The largest absolute Gasteiger partial charge is 0.508 e. The normalized spacial score (nSPS) is 14.5. The van der Waals surface area contributed by atoms with E-state index in [1.165, 1.54) is 41.5 Å². The molecule has 0 unspecified atom stereocenters. The predicted molar refractivity (Wildman–Crippen MR) is 162 cm³/mol. The molecule has 0 saturated heterocycles. The molecule has 0 atom stereocenters.